The number of hydrogen-bond donors (Lipinski definition) is 0. The van der Waals surface area contributed by atoms with Crippen LogP contribution in [0.4, 0.5) is 0 Å². The zero-order chi connectivity index (χ0) is 12.1. The molecule has 0 aliphatic carbocycles. The molecule has 0 bridgehead atoms. The van der Waals surface area contributed by atoms with E-state index in [2.05, 4.69) is 24.0 Å². The molecule has 0 radical (unpaired) electrons. The summed E-state index contributed by atoms with van der Waals surface area (Å²) in [6.45, 7) is 4.54. The lowest BCUT2D eigenvalue weighted by Crippen LogP contribution is -2.35. The maximum atomic E-state index is 6.11. The summed E-state index contributed by atoms with van der Waals surface area (Å²) in [6, 6.07) is 5.15. The van der Waals surface area contributed by atoms with E-state index in [0.717, 1.165) is 18.8 Å². The fourth-order valence-electron chi connectivity index (χ4n) is 2.52. The summed E-state index contributed by atoms with van der Waals surface area (Å²) in [5, 5.41) is 0. The standard InChI is InChI=1S/C14H22ClNS/c1-2-13-7-8-14(17-13)11-16-9-5-3-4-6-12(16)10-15/h7-8,12H,2-6,9-11H2,1H3. The van der Waals surface area contributed by atoms with E-state index >= 15 is 0 Å². The summed E-state index contributed by atoms with van der Waals surface area (Å²) in [5.41, 5.74) is 0. The zero-order valence-electron chi connectivity index (χ0n) is 10.6. The van der Waals surface area contributed by atoms with Crippen LogP contribution < -0.4 is 0 Å². The van der Waals surface area contributed by atoms with Gasteiger partial charge in [0.25, 0.3) is 0 Å². The number of rotatable bonds is 4. The number of halogens is 1. The van der Waals surface area contributed by atoms with E-state index in [0.29, 0.717) is 6.04 Å². The van der Waals surface area contributed by atoms with Crippen molar-refractivity contribution in [1.29, 1.82) is 0 Å². The minimum Gasteiger partial charge on any atom is -0.294 e. The van der Waals surface area contributed by atoms with Crippen LogP contribution in [0.1, 0.15) is 42.4 Å². The minimum atomic E-state index is 0.589. The van der Waals surface area contributed by atoms with Gasteiger partial charge in [-0.3, -0.25) is 4.90 Å². The summed E-state index contributed by atoms with van der Waals surface area (Å²) < 4.78 is 0. The Morgan fingerprint density at radius 3 is 2.82 bits per heavy atom. The van der Waals surface area contributed by atoms with Gasteiger partial charge in [-0.2, -0.15) is 0 Å². The largest absolute Gasteiger partial charge is 0.294 e. The maximum absolute atomic E-state index is 6.11. The van der Waals surface area contributed by atoms with Gasteiger partial charge in [0, 0.05) is 28.2 Å². The van der Waals surface area contributed by atoms with Crippen LogP contribution in [0.2, 0.25) is 0 Å². The Morgan fingerprint density at radius 1 is 1.29 bits per heavy atom. The highest BCUT2D eigenvalue weighted by molar-refractivity contribution is 7.11. The molecule has 96 valence electrons. The molecule has 17 heavy (non-hydrogen) atoms. The molecule has 3 heteroatoms. The summed E-state index contributed by atoms with van der Waals surface area (Å²) in [4.78, 5) is 5.58. The highest BCUT2D eigenvalue weighted by atomic mass is 35.5. The second-order valence-electron chi connectivity index (χ2n) is 4.85. The Bertz CT molecular complexity index is 337. The fraction of sp³-hybridized carbons (Fsp3) is 0.714. The first-order chi connectivity index (χ1) is 8.33. The molecule has 1 aliphatic heterocycles. The lowest BCUT2D eigenvalue weighted by Gasteiger charge is -2.27. The maximum Gasteiger partial charge on any atom is 0.0379 e. The third kappa shape index (κ3) is 3.70. The highest BCUT2D eigenvalue weighted by Gasteiger charge is 2.20. The smallest absolute Gasteiger partial charge is 0.0379 e. The van der Waals surface area contributed by atoms with Gasteiger partial charge in [0.15, 0.2) is 0 Å². The average Bonchev–Trinajstić information content (AvgIpc) is 2.68. The summed E-state index contributed by atoms with van der Waals surface area (Å²) in [5.74, 6) is 0.784. The Labute approximate surface area is 114 Å². The molecule has 1 aromatic heterocycles. The average molecular weight is 272 g/mol. The van der Waals surface area contributed by atoms with Gasteiger partial charge in [-0.25, -0.2) is 0 Å². The molecule has 2 heterocycles. The van der Waals surface area contributed by atoms with Crippen LogP contribution >= 0.6 is 22.9 Å². The number of likely N-dealkylation sites (tertiary alicyclic amines) is 1. The number of aryl methyl sites for hydroxylation is 1. The van der Waals surface area contributed by atoms with Crippen molar-refractivity contribution < 1.29 is 0 Å². The molecule has 0 aromatic carbocycles. The number of hydrogen-bond acceptors (Lipinski definition) is 2. The van der Waals surface area contributed by atoms with Crippen LogP contribution in [0.5, 0.6) is 0 Å². The topological polar surface area (TPSA) is 3.24 Å². The van der Waals surface area contributed by atoms with Gasteiger partial charge in [-0.1, -0.05) is 19.8 Å². The Kier molecular flexibility index (Phi) is 5.33. The number of thiophene rings is 1. The molecule has 0 amide bonds. The highest BCUT2D eigenvalue weighted by Crippen LogP contribution is 2.24. The summed E-state index contributed by atoms with van der Waals surface area (Å²) >= 11 is 8.07. The van der Waals surface area contributed by atoms with Crippen molar-refractivity contribution in [2.24, 2.45) is 0 Å². The van der Waals surface area contributed by atoms with Gasteiger partial charge in [-0.15, -0.1) is 22.9 Å². The van der Waals surface area contributed by atoms with Crippen LogP contribution in [-0.4, -0.2) is 23.4 Å². The van der Waals surface area contributed by atoms with Gasteiger partial charge in [0.05, 0.1) is 0 Å². The minimum absolute atomic E-state index is 0.589. The van der Waals surface area contributed by atoms with E-state index in [1.54, 1.807) is 0 Å². The van der Waals surface area contributed by atoms with Crippen molar-refractivity contribution >= 4 is 22.9 Å². The first-order valence-corrected chi connectivity index (χ1v) is 8.06. The second-order valence-corrected chi connectivity index (χ2v) is 6.41. The van der Waals surface area contributed by atoms with E-state index < -0.39 is 0 Å². The third-order valence-electron chi connectivity index (χ3n) is 3.60. The van der Waals surface area contributed by atoms with Crippen molar-refractivity contribution in [3.63, 3.8) is 0 Å². The van der Waals surface area contributed by atoms with Crippen molar-refractivity contribution in [3.05, 3.63) is 21.9 Å². The lowest BCUT2D eigenvalue weighted by molar-refractivity contribution is 0.209. The molecule has 0 N–H and O–H groups in total. The molecule has 0 spiro atoms. The molecule has 1 aliphatic rings. The normalized spacial score (nSPS) is 22.6. The first kappa shape index (κ1) is 13.4. The molecule has 1 saturated heterocycles. The molecule has 1 atom stereocenters. The Hall–Kier alpha value is -0.0500. The van der Waals surface area contributed by atoms with Crippen molar-refractivity contribution in [2.45, 2.75) is 51.6 Å². The van der Waals surface area contributed by atoms with E-state index in [1.807, 2.05) is 11.3 Å². The van der Waals surface area contributed by atoms with Crippen LogP contribution in [0, 0.1) is 0 Å². The first-order valence-electron chi connectivity index (χ1n) is 6.71. The van der Waals surface area contributed by atoms with Crippen LogP contribution in [0.25, 0.3) is 0 Å². The number of alkyl halides is 1. The van der Waals surface area contributed by atoms with Crippen molar-refractivity contribution in [2.75, 3.05) is 12.4 Å². The molecule has 2 rings (SSSR count). The Morgan fingerprint density at radius 2 is 2.12 bits per heavy atom. The number of nitrogens with zero attached hydrogens (tertiary/aromatic N) is 1. The summed E-state index contributed by atoms with van der Waals surface area (Å²) in [6.07, 6.45) is 6.48. The summed E-state index contributed by atoms with van der Waals surface area (Å²) in [7, 11) is 0. The fourth-order valence-corrected chi connectivity index (χ4v) is 3.85. The predicted molar refractivity (Wildman–Crippen MR) is 77.1 cm³/mol. The van der Waals surface area contributed by atoms with E-state index in [-0.39, 0.29) is 0 Å². The lowest BCUT2D eigenvalue weighted by atomic mass is 10.1. The second kappa shape index (κ2) is 6.77. The molecular formula is C14H22ClNS. The Balaban J connectivity index is 1.99. The van der Waals surface area contributed by atoms with Crippen molar-refractivity contribution in [1.82, 2.24) is 4.90 Å². The van der Waals surface area contributed by atoms with Gasteiger partial charge in [-0.05, 0) is 37.9 Å². The van der Waals surface area contributed by atoms with Crippen LogP contribution in [0.15, 0.2) is 12.1 Å². The molecular weight excluding hydrogens is 250 g/mol. The third-order valence-corrected chi connectivity index (χ3v) is 5.17. The van der Waals surface area contributed by atoms with Gasteiger partial charge in [0.1, 0.15) is 0 Å². The molecule has 1 unspecified atom stereocenters. The molecule has 0 saturated carbocycles. The van der Waals surface area contributed by atoms with Gasteiger partial charge < -0.3 is 0 Å². The van der Waals surface area contributed by atoms with Crippen LogP contribution in [-0.2, 0) is 13.0 Å². The van der Waals surface area contributed by atoms with Crippen molar-refractivity contribution in [3.8, 4) is 0 Å². The van der Waals surface area contributed by atoms with E-state index in [9.17, 15) is 0 Å². The molecule has 1 aromatic rings. The quantitative estimate of drug-likeness (QED) is 0.739. The monoisotopic (exact) mass is 271 g/mol. The molecule has 1 nitrogen and oxygen atoms in total. The van der Waals surface area contributed by atoms with Gasteiger partial charge >= 0.3 is 0 Å². The van der Waals surface area contributed by atoms with Crippen LogP contribution in [0.3, 0.4) is 0 Å². The predicted octanol–water partition coefficient (Wildman–Crippen LogP) is 4.29. The molecule has 1 fully saturated rings. The van der Waals surface area contributed by atoms with E-state index in [1.165, 1.54) is 42.0 Å². The van der Waals surface area contributed by atoms with E-state index in [4.69, 9.17) is 11.6 Å². The zero-order valence-corrected chi connectivity index (χ0v) is 12.2. The van der Waals surface area contributed by atoms with Gasteiger partial charge in [0.2, 0.25) is 0 Å². The SMILES string of the molecule is CCc1ccc(CN2CCCCCC2CCl)s1.